The van der Waals surface area contributed by atoms with Crippen LogP contribution in [0.1, 0.15) is 5.56 Å². The molecule has 12 heavy (non-hydrogen) atoms. The zero-order chi connectivity index (χ0) is 8.55. The fourth-order valence-electron chi connectivity index (χ4n) is 1.27. The van der Waals surface area contributed by atoms with E-state index >= 15 is 0 Å². The second-order valence-corrected chi connectivity index (χ2v) is 3.91. The standard InChI is InChI=1S/C10H8ClS/c1-2-7-6-12-10-8(7)4-3-5-9(10)11/h3-6H,1-2H2. The first-order valence-electron chi connectivity index (χ1n) is 3.77. The van der Waals surface area contributed by atoms with E-state index in [4.69, 9.17) is 11.6 Å². The molecule has 0 aliphatic carbocycles. The first kappa shape index (κ1) is 8.09. The van der Waals surface area contributed by atoms with Gasteiger partial charge < -0.3 is 0 Å². The van der Waals surface area contributed by atoms with Crippen molar-refractivity contribution in [3.63, 3.8) is 0 Å². The number of hydrogen-bond donors (Lipinski definition) is 0. The van der Waals surface area contributed by atoms with Crippen molar-refractivity contribution >= 4 is 33.0 Å². The van der Waals surface area contributed by atoms with E-state index in [1.165, 1.54) is 15.6 Å². The molecule has 0 aliphatic rings. The first-order chi connectivity index (χ1) is 5.83. The van der Waals surface area contributed by atoms with Crippen LogP contribution in [0.5, 0.6) is 0 Å². The zero-order valence-corrected chi connectivity index (χ0v) is 8.08. The normalized spacial score (nSPS) is 10.8. The average Bonchev–Trinajstić information content (AvgIpc) is 2.49. The molecule has 0 bridgehead atoms. The molecule has 0 unspecified atom stereocenters. The van der Waals surface area contributed by atoms with Gasteiger partial charge in [0.2, 0.25) is 0 Å². The molecule has 0 nitrogen and oxygen atoms in total. The maximum Gasteiger partial charge on any atom is 0.0584 e. The summed E-state index contributed by atoms with van der Waals surface area (Å²) in [5.74, 6) is 0. The summed E-state index contributed by atoms with van der Waals surface area (Å²) in [6.45, 7) is 3.87. The molecule has 0 saturated heterocycles. The molecule has 2 heteroatoms. The molecule has 0 saturated carbocycles. The van der Waals surface area contributed by atoms with Crippen molar-refractivity contribution in [1.82, 2.24) is 0 Å². The SMILES string of the molecule is [CH2]Cc1csc2c(Cl)cccc12. The van der Waals surface area contributed by atoms with Gasteiger partial charge in [-0.15, -0.1) is 11.3 Å². The molecule has 61 valence electrons. The Balaban J connectivity index is 2.80. The minimum Gasteiger partial charge on any atom is -0.142 e. The third kappa shape index (κ3) is 1.13. The van der Waals surface area contributed by atoms with E-state index < -0.39 is 0 Å². The minimum atomic E-state index is 0.834. The average molecular weight is 196 g/mol. The Morgan fingerprint density at radius 2 is 2.25 bits per heavy atom. The summed E-state index contributed by atoms with van der Waals surface area (Å²) in [6.07, 6.45) is 0.834. The molecule has 2 rings (SSSR count). The molecule has 0 atom stereocenters. The summed E-state index contributed by atoms with van der Waals surface area (Å²) in [6, 6.07) is 6.00. The molecule has 0 N–H and O–H groups in total. The third-order valence-corrected chi connectivity index (χ3v) is 3.41. The summed E-state index contributed by atoms with van der Waals surface area (Å²) in [5.41, 5.74) is 1.29. The van der Waals surface area contributed by atoms with E-state index in [-0.39, 0.29) is 0 Å². The van der Waals surface area contributed by atoms with Gasteiger partial charge in [-0.3, -0.25) is 0 Å². The highest BCUT2D eigenvalue weighted by Gasteiger charge is 2.03. The van der Waals surface area contributed by atoms with Gasteiger partial charge in [-0.1, -0.05) is 23.7 Å². The van der Waals surface area contributed by atoms with E-state index in [1.807, 2.05) is 12.1 Å². The monoisotopic (exact) mass is 195 g/mol. The van der Waals surface area contributed by atoms with Crippen LogP contribution in [-0.4, -0.2) is 0 Å². The largest absolute Gasteiger partial charge is 0.142 e. The Kier molecular flexibility index (Phi) is 2.07. The Morgan fingerprint density at radius 1 is 1.42 bits per heavy atom. The molecular formula is C10H8ClS. The van der Waals surface area contributed by atoms with Crippen molar-refractivity contribution in [1.29, 1.82) is 0 Å². The Morgan fingerprint density at radius 3 is 3.00 bits per heavy atom. The van der Waals surface area contributed by atoms with Crippen LogP contribution in [0, 0.1) is 6.92 Å². The van der Waals surface area contributed by atoms with E-state index in [2.05, 4.69) is 18.4 Å². The maximum absolute atomic E-state index is 6.02. The van der Waals surface area contributed by atoms with Crippen LogP contribution in [0.2, 0.25) is 5.02 Å². The fourth-order valence-corrected chi connectivity index (χ4v) is 2.59. The highest BCUT2D eigenvalue weighted by molar-refractivity contribution is 7.18. The first-order valence-corrected chi connectivity index (χ1v) is 5.02. The van der Waals surface area contributed by atoms with Crippen molar-refractivity contribution in [2.45, 2.75) is 6.42 Å². The van der Waals surface area contributed by atoms with Gasteiger partial charge in [0.1, 0.15) is 0 Å². The molecular weight excluding hydrogens is 188 g/mol. The van der Waals surface area contributed by atoms with Gasteiger partial charge in [-0.2, -0.15) is 0 Å². The summed E-state index contributed by atoms with van der Waals surface area (Å²) < 4.78 is 1.18. The topological polar surface area (TPSA) is 0 Å². The van der Waals surface area contributed by atoms with Gasteiger partial charge in [0.15, 0.2) is 0 Å². The van der Waals surface area contributed by atoms with Crippen molar-refractivity contribution < 1.29 is 0 Å². The van der Waals surface area contributed by atoms with Gasteiger partial charge in [-0.05, 0) is 35.7 Å². The van der Waals surface area contributed by atoms with E-state index in [1.54, 1.807) is 11.3 Å². The minimum absolute atomic E-state index is 0.834. The van der Waals surface area contributed by atoms with Crippen LogP contribution in [-0.2, 0) is 6.42 Å². The summed E-state index contributed by atoms with van der Waals surface area (Å²) in [5, 5.41) is 4.23. The predicted molar refractivity (Wildman–Crippen MR) is 55.9 cm³/mol. The van der Waals surface area contributed by atoms with Crippen LogP contribution in [0.15, 0.2) is 23.6 Å². The third-order valence-electron chi connectivity index (χ3n) is 1.90. The molecule has 0 amide bonds. The molecule has 1 radical (unpaired) electrons. The Labute approximate surface area is 80.8 Å². The maximum atomic E-state index is 6.02. The van der Waals surface area contributed by atoms with Gasteiger partial charge in [0.25, 0.3) is 0 Å². The van der Waals surface area contributed by atoms with Crippen molar-refractivity contribution in [3.05, 3.63) is 41.1 Å². The number of thiophene rings is 1. The molecule has 2 aromatic rings. The quantitative estimate of drug-likeness (QED) is 0.647. The fraction of sp³-hybridized carbons (Fsp3) is 0.100. The number of rotatable bonds is 1. The van der Waals surface area contributed by atoms with Crippen LogP contribution in [0.4, 0.5) is 0 Å². The number of benzene rings is 1. The van der Waals surface area contributed by atoms with Gasteiger partial charge >= 0.3 is 0 Å². The Hall–Kier alpha value is -0.530. The second-order valence-electron chi connectivity index (χ2n) is 2.63. The zero-order valence-electron chi connectivity index (χ0n) is 6.51. The molecule has 1 aromatic carbocycles. The molecule has 0 aliphatic heterocycles. The lowest BCUT2D eigenvalue weighted by Gasteiger charge is -1.94. The van der Waals surface area contributed by atoms with E-state index in [9.17, 15) is 0 Å². The summed E-state index contributed by atoms with van der Waals surface area (Å²) >= 11 is 7.71. The van der Waals surface area contributed by atoms with Gasteiger partial charge in [0.05, 0.1) is 9.72 Å². The lowest BCUT2D eigenvalue weighted by atomic mass is 10.1. The van der Waals surface area contributed by atoms with Crippen LogP contribution in [0.3, 0.4) is 0 Å². The molecule has 1 heterocycles. The highest BCUT2D eigenvalue weighted by Crippen LogP contribution is 2.31. The number of hydrogen-bond acceptors (Lipinski definition) is 1. The van der Waals surface area contributed by atoms with Crippen LogP contribution in [0.25, 0.3) is 10.1 Å². The van der Waals surface area contributed by atoms with Crippen LogP contribution < -0.4 is 0 Å². The summed E-state index contributed by atoms with van der Waals surface area (Å²) in [4.78, 5) is 0. The molecule has 0 spiro atoms. The lowest BCUT2D eigenvalue weighted by molar-refractivity contribution is 1.33. The smallest absolute Gasteiger partial charge is 0.0584 e. The van der Waals surface area contributed by atoms with Gasteiger partial charge in [-0.25, -0.2) is 0 Å². The Bertz CT molecular complexity index is 403. The lowest BCUT2D eigenvalue weighted by Crippen LogP contribution is -1.74. The number of fused-ring (bicyclic) bond motifs is 1. The van der Waals surface area contributed by atoms with Crippen molar-refractivity contribution in [2.75, 3.05) is 0 Å². The van der Waals surface area contributed by atoms with Crippen molar-refractivity contribution in [3.8, 4) is 0 Å². The predicted octanol–water partition coefficient (Wildman–Crippen LogP) is 3.93. The summed E-state index contributed by atoms with van der Waals surface area (Å²) in [7, 11) is 0. The number of halogens is 1. The van der Waals surface area contributed by atoms with Gasteiger partial charge in [0, 0.05) is 0 Å². The second kappa shape index (κ2) is 3.08. The molecule has 0 fully saturated rings. The van der Waals surface area contributed by atoms with Crippen molar-refractivity contribution in [2.24, 2.45) is 0 Å². The van der Waals surface area contributed by atoms with E-state index in [0.717, 1.165) is 11.4 Å². The molecule has 1 aromatic heterocycles. The van der Waals surface area contributed by atoms with E-state index in [0.29, 0.717) is 0 Å². The highest BCUT2D eigenvalue weighted by atomic mass is 35.5. The van der Waals surface area contributed by atoms with Crippen LogP contribution >= 0.6 is 22.9 Å².